The second kappa shape index (κ2) is 8.82. The summed E-state index contributed by atoms with van der Waals surface area (Å²) in [5.41, 5.74) is -0.300. The van der Waals surface area contributed by atoms with Gasteiger partial charge in [0, 0.05) is 51.0 Å². The first-order chi connectivity index (χ1) is 15.6. The van der Waals surface area contributed by atoms with E-state index in [9.17, 15) is 31.7 Å². The van der Waals surface area contributed by atoms with Crippen LogP contribution in [0.25, 0.3) is 0 Å². The van der Waals surface area contributed by atoms with Gasteiger partial charge in [0.25, 0.3) is 5.69 Å². The highest BCUT2D eigenvalue weighted by Crippen LogP contribution is 2.35. The Labute approximate surface area is 189 Å². The van der Waals surface area contributed by atoms with Crippen LogP contribution in [0.15, 0.2) is 47.4 Å². The van der Waals surface area contributed by atoms with Crippen molar-refractivity contribution in [3.05, 3.63) is 58.1 Å². The number of nitrogens with zero attached hydrogens (tertiary/aromatic N) is 4. The molecule has 2 fully saturated rings. The number of piperazine rings is 1. The maximum atomic E-state index is 13.0. The molecular weight excluding hydrogens is 461 g/mol. The molecule has 4 rings (SSSR count). The SMILES string of the molecule is O=[N+]([O-])c1cc(S(=O)(=O)N2CCCC2)ccc1N1CCN(c2cccc(C(F)(F)F)c2)CC1. The molecule has 2 aliphatic rings. The molecule has 2 heterocycles. The molecule has 0 radical (unpaired) electrons. The van der Waals surface area contributed by atoms with Crippen molar-refractivity contribution in [1.82, 2.24) is 4.31 Å². The van der Waals surface area contributed by atoms with Gasteiger partial charge in [0.1, 0.15) is 5.69 Å². The van der Waals surface area contributed by atoms with Gasteiger partial charge in [-0.05, 0) is 43.2 Å². The zero-order valence-electron chi connectivity index (χ0n) is 17.7. The van der Waals surface area contributed by atoms with Gasteiger partial charge in [-0.2, -0.15) is 17.5 Å². The van der Waals surface area contributed by atoms with Crippen LogP contribution in [0.2, 0.25) is 0 Å². The number of anilines is 2. The number of hydrogen-bond acceptors (Lipinski definition) is 6. The number of hydrogen-bond donors (Lipinski definition) is 0. The van der Waals surface area contributed by atoms with E-state index in [-0.39, 0.29) is 10.6 Å². The van der Waals surface area contributed by atoms with Crippen molar-refractivity contribution < 1.29 is 26.5 Å². The number of alkyl halides is 3. The molecular formula is C21H23F3N4O4S. The van der Waals surface area contributed by atoms with Crippen LogP contribution in [0.1, 0.15) is 18.4 Å². The Kier molecular flexibility index (Phi) is 6.23. The fraction of sp³-hybridized carbons (Fsp3) is 0.429. The van der Waals surface area contributed by atoms with Gasteiger partial charge in [-0.3, -0.25) is 10.1 Å². The summed E-state index contributed by atoms with van der Waals surface area (Å²) in [5, 5.41) is 11.7. The van der Waals surface area contributed by atoms with Crippen LogP contribution in [-0.2, 0) is 16.2 Å². The summed E-state index contributed by atoms with van der Waals surface area (Å²) in [5.74, 6) is 0. The molecule has 2 aromatic rings. The Bertz CT molecular complexity index is 1140. The summed E-state index contributed by atoms with van der Waals surface area (Å²) in [7, 11) is -3.79. The predicted octanol–water partition coefficient (Wildman–Crippen LogP) is 3.72. The third-order valence-electron chi connectivity index (χ3n) is 6.01. The fourth-order valence-electron chi connectivity index (χ4n) is 4.24. The summed E-state index contributed by atoms with van der Waals surface area (Å²) in [4.78, 5) is 14.6. The Morgan fingerprint density at radius 1 is 0.879 bits per heavy atom. The van der Waals surface area contributed by atoms with Crippen molar-refractivity contribution >= 4 is 27.1 Å². The van der Waals surface area contributed by atoms with Gasteiger partial charge in [0.2, 0.25) is 10.0 Å². The van der Waals surface area contributed by atoms with E-state index < -0.39 is 26.7 Å². The van der Waals surface area contributed by atoms with Gasteiger partial charge in [-0.1, -0.05) is 6.07 Å². The molecule has 0 atom stereocenters. The summed E-state index contributed by atoms with van der Waals surface area (Å²) in [6, 6.07) is 9.00. The third-order valence-corrected chi connectivity index (χ3v) is 7.90. The first-order valence-corrected chi connectivity index (χ1v) is 12.0. The Hall–Kier alpha value is -2.86. The summed E-state index contributed by atoms with van der Waals surface area (Å²) >= 11 is 0. The lowest BCUT2D eigenvalue weighted by Crippen LogP contribution is -2.46. The van der Waals surface area contributed by atoms with Crippen molar-refractivity contribution in [2.75, 3.05) is 49.1 Å². The lowest BCUT2D eigenvalue weighted by Gasteiger charge is -2.37. The molecule has 0 aromatic heterocycles. The normalized spacial score (nSPS) is 18.0. The lowest BCUT2D eigenvalue weighted by molar-refractivity contribution is -0.384. The van der Waals surface area contributed by atoms with Crippen molar-refractivity contribution in [2.24, 2.45) is 0 Å². The van der Waals surface area contributed by atoms with Gasteiger partial charge < -0.3 is 9.80 Å². The molecule has 0 aliphatic carbocycles. The lowest BCUT2D eigenvalue weighted by atomic mass is 10.1. The standard InChI is InChI=1S/C21H23F3N4O4S/c22-21(23,24)16-4-3-5-17(14-16)25-10-12-26(13-11-25)19-7-6-18(15-20(19)28(29)30)33(31,32)27-8-1-2-9-27/h3-7,14-15H,1-2,8-13H2. The van der Waals surface area contributed by atoms with E-state index in [4.69, 9.17) is 0 Å². The molecule has 2 saturated heterocycles. The summed E-state index contributed by atoms with van der Waals surface area (Å²) in [6.07, 6.45) is -2.92. The number of rotatable bonds is 5. The molecule has 12 heteroatoms. The summed E-state index contributed by atoms with van der Waals surface area (Å²) in [6.45, 7) is 2.22. The Morgan fingerprint density at radius 2 is 1.52 bits per heavy atom. The first kappa shape index (κ1) is 23.3. The maximum Gasteiger partial charge on any atom is 0.416 e. The quantitative estimate of drug-likeness (QED) is 0.475. The van der Waals surface area contributed by atoms with Crippen molar-refractivity contribution in [2.45, 2.75) is 23.9 Å². The maximum absolute atomic E-state index is 13.0. The van der Waals surface area contributed by atoms with Crippen LogP contribution in [-0.4, -0.2) is 56.9 Å². The predicted molar refractivity (Wildman–Crippen MR) is 117 cm³/mol. The molecule has 2 aromatic carbocycles. The summed E-state index contributed by atoms with van der Waals surface area (Å²) < 4.78 is 66.0. The van der Waals surface area contributed by atoms with Gasteiger partial charge in [0.05, 0.1) is 15.4 Å². The number of nitro benzene ring substituents is 1. The van der Waals surface area contributed by atoms with Crippen LogP contribution in [0.4, 0.5) is 30.2 Å². The zero-order chi connectivity index (χ0) is 23.8. The molecule has 0 spiro atoms. The Balaban J connectivity index is 1.53. The highest BCUT2D eigenvalue weighted by Gasteiger charge is 2.33. The minimum atomic E-state index is -4.43. The van der Waals surface area contributed by atoms with E-state index in [1.807, 2.05) is 0 Å². The van der Waals surface area contributed by atoms with Crippen LogP contribution in [0.3, 0.4) is 0 Å². The van der Waals surface area contributed by atoms with Gasteiger partial charge in [-0.15, -0.1) is 0 Å². The van der Waals surface area contributed by atoms with E-state index in [2.05, 4.69) is 0 Å². The van der Waals surface area contributed by atoms with Crippen LogP contribution in [0, 0.1) is 10.1 Å². The second-order valence-electron chi connectivity index (χ2n) is 8.04. The number of halogens is 3. The average Bonchev–Trinajstić information content (AvgIpc) is 3.34. The smallest absolute Gasteiger partial charge is 0.368 e. The number of sulfonamides is 1. The van der Waals surface area contributed by atoms with E-state index in [1.54, 1.807) is 15.9 Å². The minimum Gasteiger partial charge on any atom is -0.368 e. The first-order valence-electron chi connectivity index (χ1n) is 10.5. The minimum absolute atomic E-state index is 0.109. The topological polar surface area (TPSA) is 87.0 Å². The van der Waals surface area contributed by atoms with E-state index in [0.29, 0.717) is 50.6 Å². The van der Waals surface area contributed by atoms with Gasteiger partial charge in [-0.25, -0.2) is 8.42 Å². The fourth-order valence-corrected chi connectivity index (χ4v) is 5.78. The molecule has 0 amide bonds. The van der Waals surface area contributed by atoms with Crippen molar-refractivity contribution in [3.63, 3.8) is 0 Å². The van der Waals surface area contributed by atoms with Crippen LogP contribution >= 0.6 is 0 Å². The molecule has 0 saturated carbocycles. The van der Waals surface area contributed by atoms with Crippen molar-refractivity contribution in [3.8, 4) is 0 Å². The number of nitro groups is 1. The molecule has 2 aliphatic heterocycles. The molecule has 0 bridgehead atoms. The van der Waals surface area contributed by atoms with Crippen LogP contribution < -0.4 is 9.80 Å². The van der Waals surface area contributed by atoms with Crippen LogP contribution in [0.5, 0.6) is 0 Å². The third kappa shape index (κ3) is 4.76. The monoisotopic (exact) mass is 484 g/mol. The molecule has 33 heavy (non-hydrogen) atoms. The van der Waals surface area contributed by atoms with E-state index in [0.717, 1.165) is 31.0 Å². The van der Waals surface area contributed by atoms with E-state index in [1.165, 1.54) is 22.5 Å². The van der Waals surface area contributed by atoms with Crippen molar-refractivity contribution in [1.29, 1.82) is 0 Å². The van der Waals surface area contributed by atoms with E-state index >= 15 is 0 Å². The van der Waals surface area contributed by atoms with Gasteiger partial charge >= 0.3 is 6.18 Å². The molecule has 8 nitrogen and oxygen atoms in total. The highest BCUT2D eigenvalue weighted by atomic mass is 32.2. The Morgan fingerprint density at radius 3 is 2.12 bits per heavy atom. The molecule has 178 valence electrons. The average molecular weight is 485 g/mol. The second-order valence-corrected chi connectivity index (χ2v) is 9.98. The molecule has 0 unspecified atom stereocenters. The van der Waals surface area contributed by atoms with Gasteiger partial charge in [0.15, 0.2) is 0 Å². The largest absolute Gasteiger partial charge is 0.416 e. The highest BCUT2D eigenvalue weighted by molar-refractivity contribution is 7.89. The zero-order valence-corrected chi connectivity index (χ0v) is 18.5. The number of benzene rings is 2. The molecule has 0 N–H and O–H groups in total.